The first-order valence-electron chi connectivity index (χ1n) is 10.3. The summed E-state index contributed by atoms with van der Waals surface area (Å²) in [6.45, 7) is 1.22. The predicted octanol–water partition coefficient (Wildman–Crippen LogP) is 2.57. The van der Waals surface area contributed by atoms with E-state index in [0.29, 0.717) is 18.3 Å². The third kappa shape index (κ3) is 4.74. The zero-order valence-corrected chi connectivity index (χ0v) is 17.1. The molecule has 0 spiro atoms. The number of hydrogen-bond donors (Lipinski definition) is 2. The number of hydrogen-bond acceptors (Lipinski definition) is 4. The van der Waals surface area contributed by atoms with E-state index >= 15 is 0 Å². The van der Waals surface area contributed by atoms with Gasteiger partial charge in [-0.15, -0.1) is 0 Å². The van der Waals surface area contributed by atoms with Gasteiger partial charge < -0.3 is 10.6 Å². The quantitative estimate of drug-likeness (QED) is 0.632. The van der Waals surface area contributed by atoms with Gasteiger partial charge in [-0.1, -0.05) is 18.2 Å². The van der Waals surface area contributed by atoms with Crippen molar-refractivity contribution in [2.45, 2.75) is 38.3 Å². The lowest BCUT2D eigenvalue weighted by Crippen LogP contribution is -2.36. The third-order valence-electron chi connectivity index (χ3n) is 5.61. The topological polar surface area (TPSA) is 71.8 Å². The smallest absolute Gasteiger partial charge is 0.272 e. The van der Waals surface area contributed by atoms with E-state index < -0.39 is 0 Å². The molecule has 0 bridgehead atoms. The van der Waals surface area contributed by atoms with Gasteiger partial charge >= 0.3 is 0 Å². The van der Waals surface area contributed by atoms with Crippen LogP contribution in [0.2, 0.25) is 0 Å². The van der Waals surface area contributed by atoms with Gasteiger partial charge in [0.25, 0.3) is 5.91 Å². The summed E-state index contributed by atoms with van der Waals surface area (Å²) in [4.78, 5) is 16.9. The summed E-state index contributed by atoms with van der Waals surface area (Å²) in [6, 6.07) is 10.5. The van der Waals surface area contributed by atoms with Crippen molar-refractivity contribution in [3.8, 4) is 0 Å². The molecular weight excluding hydrogens is 381 g/mol. The maximum Gasteiger partial charge on any atom is 0.272 e. The first-order chi connectivity index (χ1) is 14.6. The van der Waals surface area contributed by atoms with Crippen molar-refractivity contribution >= 4 is 5.91 Å². The average Bonchev–Trinajstić information content (AvgIpc) is 3.10. The molecule has 0 aliphatic heterocycles. The van der Waals surface area contributed by atoms with Gasteiger partial charge in [0.15, 0.2) is 5.69 Å². The lowest BCUT2D eigenvalue weighted by atomic mass is 9.91. The predicted molar refractivity (Wildman–Crippen MR) is 113 cm³/mol. The lowest BCUT2D eigenvalue weighted by molar-refractivity contribution is 0.0944. The SMILES string of the molecule is Cn1nc(C(=O)NCc2ccc(F)cc2)c2c1CC[C@H](NCCc1cccnc1)C2. The molecule has 0 saturated carbocycles. The Labute approximate surface area is 175 Å². The Morgan fingerprint density at radius 3 is 2.83 bits per heavy atom. The third-order valence-corrected chi connectivity index (χ3v) is 5.61. The van der Waals surface area contributed by atoms with Crippen molar-refractivity contribution in [2.75, 3.05) is 6.54 Å². The lowest BCUT2D eigenvalue weighted by Gasteiger charge is -2.24. The molecule has 1 amide bonds. The van der Waals surface area contributed by atoms with Crippen LogP contribution in [-0.2, 0) is 32.9 Å². The van der Waals surface area contributed by atoms with Gasteiger partial charge in [0.1, 0.15) is 5.82 Å². The number of aromatic nitrogens is 3. The van der Waals surface area contributed by atoms with Gasteiger partial charge in [-0.2, -0.15) is 5.10 Å². The molecule has 4 rings (SSSR count). The number of nitrogens with zero attached hydrogens (tertiary/aromatic N) is 3. The summed E-state index contributed by atoms with van der Waals surface area (Å²) in [5.74, 6) is -0.474. The molecule has 2 aromatic heterocycles. The van der Waals surface area contributed by atoms with E-state index in [2.05, 4.69) is 26.8 Å². The summed E-state index contributed by atoms with van der Waals surface area (Å²) in [5.41, 5.74) is 4.72. The molecular formula is C23H26FN5O. The van der Waals surface area contributed by atoms with Gasteiger partial charge in [0, 0.05) is 43.3 Å². The van der Waals surface area contributed by atoms with Crippen LogP contribution in [0.4, 0.5) is 4.39 Å². The molecule has 0 fully saturated rings. The molecule has 1 aliphatic rings. The highest BCUT2D eigenvalue weighted by molar-refractivity contribution is 5.94. The van der Waals surface area contributed by atoms with Crippen LogP contribution in [0.25, 0.3) is 0 Å². The van der Waals surface area contributed by atoms with E-state index in [1.807, 2.05) is 24.0 Å². The van der Waals surface area contributed by atoms with E-state index in [0.717, 1.165) is 49.0 Å². The highest BCUT2D eigenvalue weighted by Crippen LogP contribution is 2.24. The van der Waals surface area contributed by atoms with E-state index in [9.17, 15) is 9.18 Å². The van der Waals surface area contributed by atoms with Crippen molar-refractivity contribution in [3.63, 3.8) is 0 Å². The Morgan fingerprint density at radius 2 is 2.07 bits per heavy atom. The highest BCUT2D eigenvalue weighted by atomic mass is 19.1. The standard InChI is InChI=1S/C23H26FN5O/c1-29-21-9-8-19(26-12-10-16-3-2-11-25-14-16)13-20(21)22(28-29)23(30)27-15-17-4-6-18(24)7-5-17/h2-7,11,14,19,26H,8-10,12-13,15H2,1H3,(H,27,30)/t19-/m0/s1. The van der Waals surface area contributed by atoms with Gasteiger partial charge in [-0.25, -0.2) is 4.39 Å². The number of carbonyl (C=O) groups is 1. The number of pyridine rings is 1. The molecule has 1 atom stereocenters. The van der Waals surface area contributed by atoms with Gasteiger partial charge in [0.2, 0.25) is 0 Å². The normalized spacial score (nSPS) is 15.6. The molecule has 0 radical (unpaired) electrons. The van der Waals surface area contributed by atoms with Gasteiger partial charge in [-0.3, -0.25) is 14.5 Å². The minimum atomic E-state index is -0.286. The van der Waals surface area contributed by atoms with Crippen LogP contribution >= 0.6 is 0 Å². The van der Waals surface area contributed by atoms with E-state index in [-0.39, 0.29) is 11.7 Å². The molecule has 7 heteroatoms. The fourth-order valence-corrected chi connectivity index (χ4v) is 3.98. The number of amides is 1. The van der Waals surface area contributed by atoms with Crippen molar-refractivity contribution in [1.29, 1.82) is 0 Å². The molecule has 3 aromatic rings. The summed E-state index contributed by atoms with van der Waals surface area (Å²) >= 11 is 0. The highest BCUT2D eigenvalue weighted by Gasteiger charge is 2.28. The summed E-state index contributed by atoms with van der Waals surface area (Å²) in [7, 11) is 1.89. The molecule has 30 heavy (non-hydrogen) atoms. The van der Waals surface area contributed by atoms with E-state index in [4.69, 9.17) is 0 Å². The van der Waals surface area contributed by atoms with Crippen LogP contribution in [-0.4, -0.2) is 33.3 Å². The number of benzene rings is 1. The minimum Gasteiger partial charge on any atom is -0.347 e. The molecule has 2 heterocycles. The van der Waals surface area contributed by atoms with Crippen molar-refractivity contribution in [2.24, 2.45) is 7.05 Å². The fraction of sp³-hybridized carbons (Fsp3) is 0.348. The molecule has 0 saturated heterocycles. The Morgan fingerprint density at radius 1 is 1.23 bits per heavy atom. The molecule has 1 aliphatic carbocycles. The Balaban J connectivity index is 1.37. The number of nitrogens with one attached hydrogen (secondary N) is 2. The second-order valence-corrected chi connectivity index (χ2v) is 7.71. The van der Waals surface area contributed by atoms with Crippen molar-refractivity contribution < 1.29 is 9.18 Å². The molecule has 1 aromatic carbocycles. The maximum absolute atomic E-state index is 13.1. The molecule has 156 valence electrons. The Kier molecular flexibility index (Phi) is 6.18. The molecule has 2 N–H and O–H groups in total. The first kappa shape index (κ1) is 20.2. The van der Waals surface area contributed by atoms with Crippen LogP contribution in [0.5, 0.6) is 0 Å². The van der Waals surface area contributed by atoms with Crippen LogP contribution in [0.15, 0.2) is 48.8 Å². The van der Waals surface area contributed by atoms with E-state index in [1.165, 1.54) is 17.7 Å². The number of fused-ring (bicyclic) bond motifs is 1. The monoisotopic (exact) mass is 407 g/mol. The Hall–Kier alpha value is -3.06. The Bertz CT molecular complexity index is 1000. The summed E-state index contributed by atoms with van der Waals surface area (Å²) in [6.07, 6.45) is 7.31. The van der Waals surface area contributed by atoms with Gasteiger partial charge in [0.05, 0.1) is 0 Å². The maximum atomic E-state index is 13.1. The van der Waals surface area contributed by atoms with Crippen molar-refractivity contribution in [1.82, 2.24) is 25.4 Å². The van der Waals surface area contributed by atoms with E-state index in [1.54, 1.807) is 18.3 Å². The van der Waals surface area contributed by atoms with Crippen molar-refractivity contribution in [3.05, 3.63) is 82.7 Å². The number of aryl methyl sites for hydroxylation is 1. The van der Waals surface area contributed by atoms with Crippen LogP contribution in [0, 0.1) is 5.82 Å². The second-order valence-electron chi connectivity index (χ2n) is 7.71. The second kappa shape index (κ2) is 9.17. The van der Waals surface area contributed by atoms with Gasteiger partial charge in [-0.05, 0) is 61.6 Å². The largest absolute Gasteiger partial charge is 0.347 e. The number of rotatable bonds is 7. The zero-order valence-electron chi connectivity index (χ0n) is 17.1. The minimum absolute atomic E-state index is 0.188. The zero-order chi connectivity index (χ0) is 20.9. The van der Waals surface area contributed by atoms with Crippen LogP contribution in [0.3, 0.4) is 0 Å². The summed E-state index contributed by atoms with van der Waals surface area (Å²) in [5, 5.41) is 11.0. The molecule has 0 unspecified atom stereocenters. The van der Waals surface area contributed by atoms with Crippen LogP contribution in [0.1, 0.15) is 39.3 Å². The summed E-state index contributed by atoms with van der Waals surface area (Å²) < 4.78 is 14.9. The average molecular weight is 407 g/mol. The number of carbonyl (C=O) groups excluding carboxylic acids is 1. The van der Waals surface area contributed by atoms with Crippen LogP contribution < -0.4 is 10.6 Å². The number of halogens is 1. The molecule has 6 nitrogen and oxygen atoms in total. The first-order valence-corrected chi connectivity index (χ1v) is 10.3. The fourth-order valence-electron chi connectivity index (χ4n) is 3.98.